The Balaban J connectivity index is 3.22. The Hall–Kier alpha value is -0.850. The first-order valence-corrected chi connectivity index (χ1v) is 3.01. The molecule has 10 heavy (non-hydrogen) atoms. The molecule has 0 aliphatic heterocycles. The van der Waals surface area contributed by atoms with E-state index in [1.54, 1.807) is 0 Å². The highest BCUT2D eigenvalue weighted by atomic mass is 35.5. The minimum Gasteiger partial charge on any atom is -0.190 e. The maximum Gasteiger partial charge on any atom is 0.227 e. The normalized spacial score (nSPS) is 8.90. The second-order valence-electron chi connectivity index (χ2n) is 1.34. The van der Waals surface area contributed by atoms with E-state index in [9.17, 15) is 0 Å². The van der Waals surface area contributed by atoms with Crippen LogP contribution in [0.4, 0.5) is 0 Å². The molecule has 0 aliphatic rings. The molecular formula is C5HCl2N3. The van der Waals surface area contributed by atoms with Crippen molar-refractivity contribution in [2.24, 2.45) is 0 Å². The van der Waals surface area contributed by atoms with Gasteiger partial charge >= 0.3 is 0 Å². The van der Waals surface area contributed by atoms with Gasteiger partial charge in [-0.15, -0.1) is 6.42 Å². The van der Waals surface area contributed by atoms with Crippen LogP contribution < -0.4 is 0 Å². The zero-order valence-electron chi connectivity index (χ0n) is 4.67. The van der Waals surface area contributed by atoms with Crippen LogP contribution >= 0.6 is 23.2 Å². The van der Waals surface area contributed by atoms with Crippen molar-refractivity contribution in [3.63, 3.8) is 0 Å². The molecule has 1 rings (SSSR count). The van der Waals surface area contributed by atoms with E-state index in [0.29, 0.717) is 0 Å². The summed E-state index contributed by atoms with van der Waals surface area (Å²) in [4.78, 5) is 10.6. The Morgan fingerprint density at radius 1 is 1.10 bits per heavy atom. The van der Waals surface area contributed by atoms with E-state index in [1.807, 2.05) is 0 Å². The molecule has 0 fully saturated rings. The van der Waals surface area contributed by atoms with Crippen molar-refractivity contribution in [2.45, 2.75) is 0 Å². The van der Waals surface area contributed by atoms with Gasteiger partial charge < -0.3 is 0 Å². The summed E-state index contributed by atoms with van der Waals surface area (Å²) in [7, 11) is 0. The van der Waals surface area contributed by atoms with Gasteiger partial charge in [-0.25, -0.2) is 0 Å². The van der Waals surface area contributed by atoms with Crippen LogP contribution in [0.2, 0.25) is 10.6 Å². The average molecular weight is 174 g/mol. The fourth-order valence-corrected chi connectivity index (χ4v) is 0.754. The molecule has 0 atom stereocenters. The third-order valence-electron chi connectivity index (χ3n) is 0.710. The van der Waals surface area contributed by atoms with Crippen LogP contribution in [-0.2, 0) is 0 Å². The van der Waals surface area contributed by atoms with Gasteiger partial charge in [0.15, 0.2) is 0 Å². The van der Waals surface area contributed by atoms with Gasteiger partial charge in [-0.05, 0) is 29.1 Å². The highest BCUT2D eigenvalue weighted by Crippen LogP contribution is 2.04. The Kier molecular flexibility index (Phi) is 2.05. The van der Waals surface area contributed by atoms with Crippen molar-refractivity contribution in [2.75, 3.05) is 0 Å². The molecule has 0 saturated heterocycles. The van der Waals surface area contributed by atoms with Crippen LogP contribution in [0.5, 0.6) is 0 Å². The van der Waals surface area contributed by atoms with Crippen LogP contribution in [0, 0.1) is 12.3 Å². The van der Waals surface area contributed by atoms with Gasteiger partial charge in [0.25, 0.3) is 0 Å². The Morgan fingerprint density at radius 2 is 1.60 bits per heavy atom. The number of nitrogens with zero attached hydrogens (tertiary/aromatic N) is 3. The second kappa shape index (κ2) is 2.82. The van der Waals surface area contributed by atoms with Crippen LogP contribution in [0.25, 0.3) is 0 Å². The molecule has 0 aromatic carbocycles. The van der Waals surface area contributed by atoms with Gasteiger partial charge in [0.2, 0.25) is 16.4 Å². The van der Waals surface area contributed by atoms with E-state index in [1.165, 1.54) is 0 Å². The van der Waals surface area contributed by atoms with Gasteiger partial charge in [0.05, 0.1) is 0 Å². The van der Waals surface area contributed by atoms with Crippen molar-refractivity contribution in [3.05, 3.63) is 16.4 Å². The molecule has 1 heterocycles. The van der Waals surface area contributed by atoms with Gasteiger partial charge in [-0.1, -0.05) is 0 Å². The Morgan fingerprint density at radius 3 is 2.00 bits per heavy atom. The van der Waals surface area contributed by atoms with E-state index in [4.69, 9.17) is 29.6 Å². The lowest BCUT2D eigenvalue weighted by atomic mass is 10.6. The molecule has 0 spiro atoms. The summed E-state index contributed by atoms with van der Waals surface area (Å²) in [5.41, 5.74) is 0. The summed E-state index contributed by atoms with van der Waals surface area (Å²) < 4.78 is 0. The molecule has 1 aromatic heterocycles. The van der Waals surface area contributed by atoms with Crippen LogP contribution in [-0.4, -0.2) is 15.0 Å². The Labute approximate surface area is 67.4 Å². The second-order valence-corrected chi connectivity index (χ2v) is 2.02. The number of hydrogen-bond donors (Lipinski definition) is 0. The maximum absolute atomic E-state index is 5.39. The highest BCUT2D eigenvalue weighted by Gasteiger charge is 1.98. The fraction of sp³-hybridized carbons (Fsp3) is 0. The lowest BCUT2D eigenvalue weighted by molar-refractivity contribution is 1.02. The topological polar surface area (TPSA) is 38.7 Å². The predicted molar refractivity (Wildman–Crippen MR) is 37.8 cm³/mol. The molecule has 0 aliphatic carbocycles. The van der Waals surface area contributed by atoms with E-state index < -0.39 is 0 Å². The quantitative estimate of drug-likeness (QED) is 0.554. The van der Waals surface area contributed by atoms with E-state index >= 15 is 0 Å². The summed E-state index contributed by atoms with van der Waals surface area (Å²) in [5, 5.41) is 0.0147. The van der Waals surface area contributed by atoms with Crippen LogP contribution in [0.3, 0.4) is 0 Å². The Bertz CT molecular complexity index is 271. The zero-order chi connectivity index (χ0) is 7.56. The number of terminal acetylenes is 1. The van der Waals surface area contributed by atoms with Crippen molar-refractivity contribution in [3.8, 4) is 12.3 Å². The minimum atomic E-state index is 0.00736. The first kappa shape index (κ1) is 7.26. The highest BCUT2D eigenvalue weighted by molar-refractivity contribution is 6.31. The van der Waals surface area contributed by atoms with E-state index in [-0.39, 0.29) is 16.4 Å². The summed E-state index contributed by atoms with van der Waals surface area (Å²) in [6, 6.07) is 0. The third kappa shape index (κ3) is 1.56. The van der Waals surface area contributed by atoms with Crippen LogP contribution in [0.1, 0.15) is 5.82 Å². The molecule has 0 amide bonds. The SMILES string of the molecule is C#Cc1nc(Cl)nc(Cl)n1. The van der Waals surface area contributed by atoms with Gasteiger partial charge in [0, 0.05) is 0 Å². The lowest BCUT2D eigenvalue weighted by Crippen LogP contribution is -1.92. The molecule has 0 radical (unpaired) electrons. The van der Waals surface area contributed by atoms with E-state index in [2.05, 4.69) is 20.9 Å². The minimum absolute atomic E-state index is 0.00736. The number of aromatic nitrogens is 3. The van der Waals surface area contributed by atoms with E-state index in [0.717, 1.165) is 0 Å². The summed E-state index contributed by atoms with van der Waals surface area (Å²) in [6.07, 6.45) is 4.97. The molecule has 5 heteroatoms. The summed E-state index contributed by atoms with van der Waals surface area (Å²) >= 11 is 10.8. The van der Waals surface area contributed by atoms with Crippen molar-refractivity contribution in [1.82, 2.24) is 15.0 Å². The molecule has 1 aromatic rings. The largest absolute Gasteiger partial charge is 0.227 e. The van der Waals surface area contributed by atoms with Crippen molar-refractivity contribution in [1.29, 1.82) is 0 Å². The zero-order valence-corrected chi connectivity index (χ0v) is 6.19. The fourth-order valence-electron chi connectivity index (χ4n) is 0.390. The monoisotopic (exact) mass is 173 g/mol. The third-order valence-corrected chi connectivity index (χ3v) is 1.05. The summed E-state index contributed by atoms with van der Waals surface area (Å²) in [6.45, 7) is 0. The first-order valence-electron chi connectivity index (χ1n) is 2.26. The number of rotatable bonds is 0. The van der Waals surface area contributed by atoms with Crippen molar-refractivity contribution >= 4 is 23.2 Å². The number of halogens is 2. The number of hydrogen-bond acceptors (Lipinski definition) is 3. The maximum atomic E-state index is 5.39. The molecular weight excluding hydrogens is 173 g/mol. The smallest absolute Gasteiger partial charge is 0.190 e. The van der Waals surface area contributed by atoms with Crippen LogP contribution in [0.15, 0.2) is 0 Å². The predicted octanol–water partition coefficient (Wildman–Crippen LogP) is 1.16. The van der Waals surface area contributed by atoms with Gasteiger partial charge in [0.1, 0.15) is 0 Å². The molecule has 50 valence electrons. The molecule has 0 saturated carbocycles. The molecule has 0 bridgehead atoms. The standard InChI is InChI=1S/C5HCl2N3/c1-2-3-8-4(6)10-5(7)9-3/h1H. The van der Waals surface area contributed by atoms with Gasteiger partial charge in [-0.3, -0.25) is 0 Å². The molecule has 0 unspecified atom stereocenters. The first-order chi connectivity index (χ1) is 4.72. The summed E-state index contributed by atoms with van der Waals surface area (Å²) in [5.74, 6) is 2.32. The average Bonchev–Trinajstić information content (AvgIpc) is 1.85. The molecule has 0 N–H and O–H groups in total. The lowest BCUT2D eigenvalue weighted by Gasteiger charge is -1.90. The molecule has 3 nitrogen and oxygen atoms in total. The van der Waals surface area contributed by atoms with Gasteiger partial charge in [-0.2, -0.15) is 15.0 Å². The van der Waals surface area contributed by atoms with Crippen molar-refractivity contribution < 1.29 is 0 Å².